The van der Waals surface area contributed by atoms with Crippen LogP contribution in [0.25, 0.3) is 6.08 Å². The van der Waals surface area contributed by atoms with Gasteiger partial charge in [0.1, 0.15) is 11.3 Å². The first-order valence-corrected chi connectivity index (χ1v) is 8.50. The van der Waals surface area contributed by atoms with Crippen LogP contribution < -0.4 is 10.1 Å². The maximum absolute atomic E-state index is 12.8. The Labute approximate surface area is 153 Å². The van der Waals surface area contributed by atoms with Gasteiger partial charge in [-0.25, -0.2) is 4.79 Å². The second-order valence-corrected chi connectivity index (χ2v) is 6.52. The van der Waals surface area contributed by atoms with Gasteiger partial charge in [-0.3, -0.25) is 9.69 Å². The Kier molecular flexibility index (Phi) is 5.07. The second-order valence-electron chi connectivity index (χ2n) is 6.52. The van der Waals surface area contributed by atoms with Crippen LogP contribution in [0.4, 0.5) is 4.79 Å². The van der Waals surface area contributed by atoms with E-state index in [0.29, 0.717) is 6.42 Å². The number of nitrogens with zero attached hydrogens (tertiary/aromatic N) is 1. The average Bonchev–Trinajstić information content (AvgIpc) is 2.86. The number of urea groups is 1. The molecule has 1 saturated heterocycles. The molecule has 0 saturated carbocycles. The van der Waals surface area contributed by atoms with Crippen molar-refractivity contribution < 1.29 is 14.3 Å². The Bertz CT molecular complexity index is 815. The van der Waals surface area contributed by atoms with Gasteiger partial charge in [0.25, 0.3) is 5.91 Å². The number of benzene rings is 2. The number of methoxy groups -OCH3 is 1. The Hall–Kier alpha value is -3.08. The van der Waals surface area contributed by atoms with Gasteiger partial charge in [-0.05, 0) is 30.2 Å². The van der Waals surface area contributed by atoms with Crippen LogP contribution >= 0.6 is 0 Å². The zero-order chi connectivity index (χ0) is 18.6. The van der Waals surface area contributed by atoms with E-state index in [2.05, 4.69) is 5.32 Å². The van der Waals surface area contributed by atoms with Gasteiger partial charge in [-0.1, -0.05) is 54.6 Å². The van der Waals surface area contributed by atoms with E-state index >= 15 is 0 Å². The Morgan fingerprint density at radius 1 is 1.08 bits per heavy atom. The lowest BCUT2D eigenvalue weighted by atomic mass is 9.93. The van der Waals surface area contributed by atoms with Gasteiger partial charge in [0, 0.05) is 13.0 Å². The summed E-state index contributed by atoms with van der Waals surface area (Å²) >= 11 is 0. The fraction of sp³-hybridized carbons (Fsp3) is 0.238. The van der Waals surface area contributed by atoms with Crippen LogP contribution in [0.3, 0.4) is 0 Å². The predicted octanol–water partition coefficient (Wildman–Crippen LogP) is 3.26. The second kappa shape index (κ2) is 7.44. The third-order valence-electron chi connectivity index (χ3n) is 4.46. The number of hydrogen-bond acceptors (Lipinski definition) is 3. The van der Waals surface area contributed by atoms with E-state index in [0.717, 1.165) is 16.9 Å². The van der Waals surface area contributed by atoms with Crippen LogP contribution in [0.1, 0.15) is 18.1 Å². The summed E-state index contributed by atoms with van der Waals surface area (Å²) in [5, 5.41) is 2.83. The SMILES string of the molecule is COc1ccc(CC2(C)NC(=O)N(CC=Cc3ccccc3)C2=O)cc1. The lowest BCUT2D eigenvalue weighted by Gasteiger charge is -2.21. The minimum absolute atomic E-state index is 0.212. The Morgan fingerprint density at radius 3 is 2.42 bits per heavy atom. The highest BCUT2D eigenvalue weighted by Crippen LogP contribution is 2.23. The summed E-state index contributed by atoms with van der Waals surface area (Å²) in [6.45, 7) is 2.01. The molecule has 0 aliphatic carbocycles. The van der Waals surface area contributed by atoms with Crippen LogP contribution in [0, 0.1) is 0 Å². The van der Waals surface area contributed by atoms with E-state index in [1.54, 1.807) is 14.0 Å². The average molecular weight is 350 g/mol. The molecule has 2 aromatic rings. The highest BCUT2D eigenvalue weighted by atomic mass is 16.5. The summed E-state index contributed by atoms with van der Waals surface area (Å²) in [6.07, 6.45) is 4.16. The van der Waals surface area contributed by atoms with E-state index in [9.17, 15) is 9.59 Å². The van der Waals surface area contributed by atoms with Gasteiger partial charge in [0.15, 0.2) is 0 Å². The van der Waals surface area contributed by atoms with Crippen molar-refractivity contribution in [1.29, 1.82) is 0 Å². The number of carbonyl (C=O) groups is 2. The van der Waals surface area contributed by atoms with Crippen molar-refractivity contribution in [2.45, 2.75) is 18.9 Å². The minimum atomic E-state index is -0.938. The first-order valence-electron chi connectivity index (χ1n) is 8.50. The molecule has 0 bridgehead atoms. The first-order chi connectivity index (χ1) is 12.5. The maximum Gasteiger partial charge on any atom is 0.325 e. The smallest absolute Gasteiger partial charge is 0.325 e. The van der Waals surface area contributed by atoms with Crippen molar-refractivity contribution >= 4 is 18.0 Å². The molecule has 1 unspecified atom stereocenters. The zero-order valence-corrected chi connectivity index (χ0v) is 14.9. The number of ether oxygens (including phenoxy) is 1. The molecule has 5 heteroatoms. The molecule has 1 atom stereocenters. The molecule has 3 rings (SSSR count). The first kappa shape index (κ1) is 17.7. The van der Waals surface area contributed by atoms with Gasteiger partial charge < -0.3 is 10.1 Å². The highest BCUT2D eigenvalue weighted by molar-refractivity contribution is 6.07. The molecular formula is C21H22N2O3. The molecule has 3 amide bonds. The summed E-state index contributed by atoms with van der Waals surface area (Å²) in [5.74, 6) is 0.546. The predicted molar refractivity (Wildman–Crippen MR) is 101 cm³/mol. The summed E-state index contributed by atoms with van der Waals surface area (Å²) < 4.78 is 5.15. The molecule has 1 N–H and O–H groups in total. The van der Waals surface area contributed by atoms with Crippen LogP contribution in [-0.2, 0) is 11.2 Å². The quantitative estimate of drug-likeness (QED) is 0.814. The molecule has 1 heterocycles. The third-order valence-corrected chi connectivity index (χ3v) is 4.46. The van der Waals surface area contributed by atoms with Crippen molar-refractivity contribution in [3.63, 3.8) is 0 Å². The molecule has 26 heavy (non-hydrogen) atoms. The largest absolute Gasteiger partial charge is 0.497 e. The molecule has 0 radical (unpaired) electrons. The number of imide groups is 1. The van der Waals surface area contributed by atoms with Gasteiger partial charge in [0.05, 0.1) is 7.11 Å². The fourth-order valence-electron chi connectivity index (χ4n) is 3.04. The highest BCUT2D eigenvalue weighted by Gasteiger charge is 2.47. The van der Waals surface area contributed by atoms with Crippen LogP contribution in [0.5, 0.6) is 5.75 Å². The Morgan fingerprint density at radius 2 is 1.77 bits per heavy atom. The molecule has 1 aliphatic heterocycles. The lowest BCUT2D eigenvalue weighted by Crippen LogP contribution is -2.46. The number of nitrogens with one attached hydrogen (secondary N) is 1. The molecule has 1 aliphatic rings. The summed E-state index contributed by atoms with van der Waals surface area (Å²) in [7, 11) is 1.61. The van der Waals surface area contributed by atoms with Crippen molar-refractivity contribution in [3.8, 4) is 5.75 Å². The standard InChI is InChI=1S/C21H22N2O3/c1-21(15-17-10-12-18(26-2)13-11-17)19(24)23(20(25)22-21)14-6-9-16-7-4-3-5-8-16/h3-13H,14-15H2,1-2H3,(H,22,25). The third kappa shape index (κ3) is 3.77. The monoisotopic (exact) mass is 350 g/mol. The zero-order valence-electron chi connectivity index (χ0n) is 14.9. The van der Waals surface area contributed by atoms with E-state index in [4.69, 9.17) is 4.74 Å². The summed E-state index contributed by atoms with van der Waals surface area (Å²) in [6, 6.07) is 16.9. The van der Waals surface area contributed by atoms with Crippen LogP contribution in [0.2, 0.25) is 0 Å². The molecule has 0 aromatic heterocycles. The number of hydrogen-bond donors (Lipinski definition) is 1. The molecule has 5 nitrogen and oxygen atoms in total. The molecular weight excluding hydrogens is 328 g/mol. The molecule has 0 spiro atoms. The topological polar surface area (TPSA) is 58.6 Å². The van der Waals surface area contributed by atoms with Crippen molar-refractivity contribution in [3.05, 3.63) is 71.8 Å². The number of amides is 3. The minimum Gasteiger partial charge on any atom is -0.497 e. The summed E-state index contributed by atoms with van der Waals surface area (Å²) in [4.78, 5) is 26.3. The number of carbonyl (C=O) groups excluding carboxylic acids is 2. The van der Waals surface area contributed by atoms with Gasteiger partial charge >= 0.3 is 6.03 Å². The normalized spacial score (nSPS) is 19.8. The lowest BCUT2D eigenvalue weighted by molar-refractivity contribution is -0.130. The molecule has 134 valence electrons. The van der Waals surface area contributed by atoms with Crippen molar-refractivity contribution in [2.24, 2.45) is 0 Å². The van der Waals surface area contributed by atoms with E-state index in [1.165, 1.54) is 4.90 Å². The number of rotatable bonds is 6. The maximum atomic E-state index is 12.8. The van der Waals surface area contributed by atoms with Gasteiger partial charge in [0.2, 0.25) is 0 Å². The van der Waals surface area contributed by atoms with E-state index in [1.807, 2.05) is 66.7 Å². The van der Waals surface area contributed by atoms with Crippen molar-refractivity contribution in [2.75, 3.05) is 13.7 Å². The molecule has 2 aromatic carbocycles. The van der Waals surface area contributed by atoms with Crippen LogP contribution in [0.15, 0.2) is 60.7 Å². The Balaban J connectivity index is 1.67. The van der Waals surface area contributed by atoms with Crippen LogP contribution in [-0.4, -0.2) is 36.0 Å². The van der Waals surface area contributed by atoms with E-state index < -0.39 is 5.54 Å². The van der Waals surface area contributed by atoms with Gasteiger partial charge in [-0.2, -0.15) is 0 Å². The molecule has 1 fully saturated rings. The summed E-state index contributed by atoms with van der Waals surface area (Å²) in [5.41, 5.74) is 1.05. The van der Waals surface area contributed by atoms with Gasteiger partial charge in [-0.15, -0.1) is 0 Å². The van der Waals surface area contributed by atoms with E-state index in [-0.39, 0.29) is 18.5 Å². The van der Waals surface area contributed by atoms with Crippen molar-refractivity contribution in [1.82, 2.24) is 10.2 Å². The fourth-order valence-corrected chi connectivity index (χ4v) is 3.04.